The minimum atomic E-state index is -4.22. The number of halogens is 3. The molecular formula is C28H35F3N4O3. The van der Waals surface area contributed by atoms with Crippen molar-refractivity contribution in [1.29, 1.82) is 0 Å². The number of carbonyl (C=O) groups excluding carboxylic acids is 1. The third kappa shape index (κ3) is 5.76. The fourth-order valence-corrected chi connectivity index (χ4v) is 5.86. The molecule has 1 saturated carbocycles. The summed E-state index contributed by atoms with van der Waals surface area (Å²) in [6.45, 7) is 5.72. The maximum absolute atomic E-state index is 12.9. The molecule has 38 heavy (non-hydrogen) atoms. The van der Waals surface area contributed by atoms with Crippen LogP contribution in [0.4, 0.5) is 29.5 Å². The summed E-state index contributed by atoms with van der Waals surface area (Å²) in [4.78, 5) is 19.2. The number of ether oxygens (including phenoxy) is 1. The third-order valence-corrected chi connectivity index (χ3v) is 8.14. The number of hydrogen-bond donors (Lipinski definition) is 3. The molecule has 2 saturated heterocycles. The van der Waals surface area contributed by atoms with E-state index in [1.54, 1.807) is 0 Å². The Hall–Kier alpha value is -2.85. The van der Waals surface area contributed by atoms with Crippen LogP contribution in [0.2, 0.25) is 0 Å². The highest BCUT2D eigenvalue weighted by Crippen LogP contribution is 2.58. The summed E-state index contributed by atoms with van der Waals surface area (Å²) in [5.41, 5.74) is 4.51. The minimum Gasteiger partial charge on any atom is -0.394 e. The first-order valence-electron chi connectivity index (χ1n) is 13.3. The van der Waals surface area contributed by atoms with Crippen molar-refractivity contribution in [2.45, 2.75) is 57.2 Å². The van der Waals surface area contributed by atoms with Crippen LogP contribution < -0.4 is 10.6 Å². The first-order valence-corrected chi connectivity index (χ1v) is 13.3. The first-order chi connectivity index (χ1) is 18.1. The molecule has 0 radical (unpaired) electrons. The van der Waals surface area contributed by atoms with Gasteiger partial charge in [-0.15, -0.1) is 0 Å². The van der Waals surface area contributed by atoms with Gasteiger partial charge in [0.15, 0.2) is 0 Å². The fraction of sp³-hybridized carbons (Fsp3) is 0.571. The molecule has 206 valence electrons. The Morgan fingerprint density at radius 3 is 2.87 bits per heavy atom. The molecule has 3 heterocycles. The minimum absolute atomic E-state index is 0.00951. The van der Waals surface area contributed by atoms with Crippen LogP contribution in [0, 0.1) is 18.8 Å². The van der Waals surface area contributed by atoms with Crippen molar-refractivity contribution < 1.29 is 27.8 Å². The maximum atomic E-state index is 12.9. The smallest absolute Gasteiger partial charge is 0.389 e. The van der Waals surface area contributed by atoms with Gasteiger partial charge in [-0.25, -0.2) is 9.78 Å². The van der Waals surface area contributed by atoms with Gasteiger partial charge < -0.3 is 25.4 Å². The Labute approximate surface area is 220 Å². The Kier molecular flexibility index (Phi) is 7.30. The van der Waals surface area contributed by atoms with Crippen molar-refractivity contribution in [2.75, 3.05) is 43.5 Å². The van der Waals surface area contributed by atoms with Crippen molar-refractivity contribution in [2.24, 2.45) is 11.8 Å². The standard InChI is InChI=1S/C28H35F3N4O3/c1-17-3-4-22(33-26(37)35-7-5-19(14-35)12-28(29,30)31)11-23(17)20-9-24(27-6-8-38-16-21(27)13-27)34-25(10-20)32-18(2)15-36/h3-4,9-11,18-19,21,36H,5-8,12-16H2,1-2H3,(H,32,34)(H,33,37)/t18?,19-,21-,27+/m0/s1. The van der Waals surface area contributed by atoms with E-state index in [4.69, 9.17) is 9.72 Å². The monoisotopic (exact) mass is 532 g/mol. The summed E-state index contributed by atoms with van der Waals surface area (Å²) in [6.07, 6.45) is -2.78. The van der Waals surface area contributed by atoms with Gasteiger partial charge in [-0.2, -0.15) is 13.2 Å². The van der Waals surface area contributed by atoms with Gasteiger partial charge in [0, 0.05) is 43.3 Å². The number of urea groups is 1. The number of fused-ring (bicyclic) bond motifs is 1. The second-order valence-corrected chi connectivity index (χ2v) is 11.1. The summed E-state index contributed by atoms with van der Waals surface area (Å²) in [5.74, 6) is 0.579. The number of aliphatic hydroxyl groups is 1. The van der Waals surface area contributed by atoms with Gasteiger partial charge in [-0.3, -0.25) is 0 Å². The average molecular weight is 533 g/mol. The molecule has 4 atom stereocenters. The predicted molar refractivity (Wildman–Crippen MR) is 139 cm³/mol. The van der Waals surface area contributed by atoms with Gasteiger partial charge in [0.05, 0.1) is 18.9 Å². The number of likely N-dealkylation sites (tertiary alicyclic amines) is 1. The number of aryl methyl sites for hydroxylation is 1. The number of nitrogens with zero attached hydrogens (tertiary/aromatic N) is 2. The number of nitrogens with one attached hydrogen (secondary N) is 2. The molecule has 3 N–H and O–H groups in total. The van der Waals surface area contributed by atoms with Gasteiger partial charge in [0.25, 0.3) is 0 Å². The number of hydrogen-bond acceptors (Lipinski definition) is 5. The molecule has 7 nitrogen and oxygen atoms in total. The van der Waals surface area contributed by atoms with E-state index in [-0.39, 0.29) is 30.6 Å². The second kappa shape index (κ2) is 10.4. The number of anilines is 2. The van der Waals surface area contributed by atoms with Crippen LogP contribution in [0.15, 0.2) is 30.3 Å². The van der Waals surface area contributed by atoms with E-state index in [0.717, 1.165) is 41.8 Å². The van der Waals surface area contributed by atoms with Gasteiger partial charge in [0.2, 0.25) is 0 Å². The number of alkyl halides is 3. The van der Waals surface area contributed by atoms with E-state index in [1.165, 1.54) is 4.90 Å². The quantitative estimate of drug-likeness (QED) is 0.449. The number of amides is 2. The van der Waals surface area contributed by atoms with Gasteiger partial charge in [-0.05, 0) is 85.9 Å². The van der Waals surface area contributed by atoms with Crippen LogP contribution in [0.25, 0.3) is 11.1 Å². The van der Waals surface area contributed by atoms with E-state index < -0.39 is 18.5 Å². The van der Waals surface area contributed by atoms with Gasteiger partial charge in [-0.1, -0.05) is 6.07 Å². The predicted octanol–water partition coefficient (Wildman–Crippen LogP) is 5.33. The van der Waals surface area contributed by atoms with Crippen LogP contribution in [0.3, 0.4) is 0 Å². The highest BCUT2D eigenvalue weighted by Gasteiger charge is 2.57. The van der Waals surface area contributed by atoms with E-state index >= 15 is 0 Å². The molecule has 3 aliphatic rings. The highest BCUT2D eigenvalue weighted by atomic mass is 19.4. The topological polar surface area (TPSA) is 86.7 Å². The van der Waals surface area contributed by atoms with E-state index in [2.05, 4.69) is 16.7 Å². The normalized spacial score (nSPS) is 25.6. The lowest BCUT2D eigenvalue weighted by atomic mass is 9.90. The fourth-order valence-electron chi connectivity index (χ4n) is 5.86. The van der Waals surface area contributed by atoms with Crippen LogP contribution >= 0.6 is 0 Å². The van der Waals surface area contributed by atoms with Crippen molar-refractivity contribution in [3.63, 3.8) is 0 Å². The summed E-state index contributed by atoms with van der Waals surface area (Å²) in [6, 6.07) is 9.17. The molecule has 3 fully saturated rings. The number of aromatic nitrogens is 1. The summed E-state index contributed by atoms with van der Waals surface area (Å²) in [7, 11) is 0. The van der Waals surface area contributed by atoms with Crippen LogP contribution in [-0.4, -0.2) is 66.1 Å². The second-order valence-electron chi connectivity index (χ2n) is 11.1. The van der Waals surface area contributed by atoms with Crippen LogP contribution in [0.1, 0.15) is 43.9 Å². The Morgan fingerprint density at radius 1 is 1.32 bits per heavy atom. The van der Waals surface area contributed by atoms with Crippen molar-refractivity contribution in [1.82, 2.24) is 9.88 Å². The zero-order chi connectivity index (χ0) is 27.1. The zero-order valence-electron chi connectivity index (χ0n) is 21.8. The number of carbonyl (C=O) groups is 1. The van der Waals surface area contributed by atoms with E-state index in [1.807, 2.05) is 38.1 Å². The summed E-state index contributed by atoms with van der Waals surface area (Å²) in [5, 5.41) is 15.7. The van der Waals surface area contributed by atoms with E-state index in [9.17, 15) is 23.1 Å². The first kappa shape index (κ1) is 26.7. The van der Waals surface area contributed by atoms with Gasteiger partial charge >= 0.3 is 12.2 Å². The molecule has 5 rings (SSSR count). The molecule has 0 spiro atoms. The maximum Gasteiger partial charge on any atom is 0.389 e. The molecule has 10 heteroatoms. The van der Waals surface area contributed by atoms with Crippen LogP contribution in [0.5, 0.6) is 0 Å². The van der Waals surface area contributed by atoms with Crippen molar-refractivity contribution in [3.05, 3.63) is 41.6 Å². The lowest BCUT2D eigenvalue weighted by molar-refractivity contribution is -0.143. The van der Waals surface area contributed by atoms with Gasteiger partial charge in [0.1, 0.15) is 5.82 Å². The Morgan fingerprint density at radius 2 is 2.13 bits per heavy atom. The average Bonchev–Trinajstić information content (AvgIpc) is 3.46. The number of aliphatic hydroxyl groups excluding tert-OH is 1. The Balaban J connectivity index is 1.39. The van der Waals surface area contributed by atoms with Crippen molar-refractivity contribution >= 4 is 17.5 Å². The molecule has 2 aliphatic heterocycles. The SMILES string of the molecule is Cc1ccc(NC(=O)N2CC[C@@H](CC(F)(F)F)C2)cc1-c1cc(NC(C)CO)nc([C@@]23CCOC[C@@H]2C3)c1. The summed E-state index contributed by atoms with van der Waals surface area (Å²) >= 11 is 0. The third-order valence-electron chi connectivity index (χ3n) is 8.14. The lowest BCUT2D eigenvalue weighted by Crippen LogP contribution is -2.33. The Bertz CT molecular complexity index is 1190. The molecule has 1 aromatic carbocycles. The molecule has 1 aliphatic carbocycles. The zero-order valence-corrected chi connectivity index (χ0v) is 21.8. The van der Waals surface area contributed by atoms with Crippen molar-refractivity contribution in [3.8, 4) is 11.1 Å². The van der Waals surface area contributed by atoms with Crippen LogP contribution in [-0.2, 0) is 10.2 Å². The molecule has 2 aromatic rings. The number of benzene rings is 1. The lowest BCUT2D eigenvalue weighted by Gasteiger charge is -2.24. The molecule has 0 bridgehead atoms. The molecule has 1 aromatic heterocycles. The number of pyridine rings is 1. The highest BCUT2D eigenvalue weighted by molar-refractivity contribution is 5.90. The molecule has 1 unspecified atom stereocenters. The molecular weight excluding hydrogens is 497 g/mol. The largest absolute Gasteiger partial charge is 0.394 e. The summed E-state index contributed by atoms with van der Waals surface area (Å²) < 4.78 is 44.0. The molecule has 2 amide bonds. The number of rotatable bonds is 7. The van der Waals surface area contributed by atoms with E-state index in [0.29, 0.717) is 37.0 Å².